The molecule has 0 unspecified atom stereocenters. The zero-order valence-electron chi connectivity index (χ0n) is 14.4. The Bertz CT molecular complexity index is 874. The molecule has 1 amide bonds. The zero-order valence-corrected chi connectivity index (χ0v) is 14.4. The molecular formula is C20H18FNO4. The monoisotopic (exact) mass is 355 g/mol. The molecule has 0 bridgehead atoms. The van der Waals surface area contributed by atoms with Gasteiger partial charge < -0.3 is 10.1 Å². The number of rotatable bonds is 6. The molecule has 0 radical (unpaired) electrons. The highest BCUT2D eigenvalue weighted by atomic mass is 19.1. The van der Waals surface area contributed by atoms with Gasteiger partial charge in [-0.25, -0.2) is 9.18 Å². The van der Waals surface area contributed by atoms with Gasteiger partial charge in [-0.1, -0.05) is 24.3 Å². The second kappa shape index (κ2) is 8.71. The first kappa shape index (κ1) is 19.1. The molecule has 0 aromatic heterocycles. The van der Waals surface area contributed by atoms with Gasteiger partial charge in [0.2, 0.25) is 11.7 Å². The van der Waals surface area contributed by atoms with Crippen LogP contribution < -0.4 is 5.32 Å². The number of carbonyl (C=O) groups is 3. The molecule has 26 heavy (non-hydrogen) atoms. The summed E-state index contributed by atoms with van der Waals surface area (Å²) in [6.45, 7) is 2.62. The van der Waals surface area contributed by atoms with E-state index in [4.69, 9.17) is 4.74 Å². The number of carbonyl (C=O) groups excluding carboxylic acids is 3. The topological polar surface area (TPSA) is 72.5 Å². The van der Waals surface area contributed by atoms with E-state index < -0.39 is 24.2 Å². The highest BCUT2D eigenvalue weighted by molar-refractivity contribution is 5.99. The summed E-state index contributed by atoms with van der Waals surface area (Å²) in [5.74, 6) is -2.52. The largest absolute Gasteiger partial charge is 0.454 e. The molecule has 0 aliphatic heterocycles. The quantitative estimate of drug-likeness (QED) is 0.489. The van der Waals surface area contributed by atoms with Crippen LogP contribution in [0.15, 0.2) is 48.5 Å². The number of ketones is 1. The van der Waals surface area contributed by atoms with Gasteiger partial charge >= 0.3 is 5.97 Å². The van der Waals surface area contributed by atoms with E-state index in [1.54, 1.807) is 6.08 Å². The number of esters is 1. The highest BCUT2D eigenvalue weighted by Crippen LogP contribution is 2.15. The first-order chi connectivity index (χ1) is 12.4. The molecule has 0 saturated carbocycles. The maximum Gasteiger partial charge on any atom is 0.331 e. The number of halogens is 1. The number of aryl methyl sites for hydroxylation is 1. The van der Waals surface area contributed by atoms with E-state index in [2.05, 4.69) is 5.32 Å². The average Bonchev–Trinajstić information content (AvgIpc) is 2.58. The van der Waals surface area contributed by atoms with Crippen molar-refractivity contribution >= 4 is 29.4 Å². The lowest BCUT2D eigenvalue weighted by molar-refractivity contribution is -0.136. The predicted octanol–water partition coefficient (Wildman–Crippen LogP) is 3.53. The third-order valence-electron chi connectivity index (χ3n) is 3.52. The van der Waals surface area contributed by atoms with E-state index in [1.807, 2.05) is 31.2 Å². The molecule has 0 aliphatic rings. The van der Waals surface area contributed by atoms with Crippen molar-refractivity contribution in [2.24, 2.45) is 0 Å². The van der Waals surface area contributed by atoms with E-state index in [9.17, 15) is 18.8 Å². The van der Waals surface area contributed by atoms with Gasteiger partial charge in [0.15, 0.2) is 6.61 Å². The standard InChI is InChI=1S/C20H18FNO4/c1-13-5-3-4-6-15(13)7-10-20(25)26-12-19(24)17-9-8-16(11-18(17)21)22-14(2)23/h3-11H,12H2,1-2H3,(H,22,23)/b10-7+. The first-order valence-electron chi connectivity index (χ1n) is 7.87. The summed E-state index contributed by atoms with van der Waals surface area (Å²) < 4.78 is 18.8. The summed E-state index contributed by atoms with van der Waals surface area (Å²) in [7, 11) is 0. The Morgan fingerprint density at radius 3 is 2.54 bits per heavy atom. The van der Waals surface area contributed by atoms with Gasteiger partial charge in [0, 0.05) is 18.7 Å². The molecule has 0 aliphatic carbocycles. The van der Waals surface area contributed by atoms with Gasteiger partial charge in [-0.2, -0.15) is 0 Å². The molecule has 6 heteroatoms. The average molecular weight is 355 g/mol. The fraction of sp³-hybridized carbons (Fsp3) is 0.150. The van der Waals surface area contributed by atoms with Crippen molar-refractivity contribution in [1.82, 2.24) is 0 Å². The van der Waals surface area contributed by atoms with Crippen LogP contribution in [-0.2, 0) is 14.3 Å². The minimum atomic E-state index is -0.798. The van der Waals surface area contributed by atoms with Crippen LogP contribution in [0.1, 0.15) is 28.4 Å². The lowest BCUT2D eigenvalue weighted by atomic mass is 10.1. The van der Waals surface area contributed by atoms with Crippen molar-refractivity contribution in [3.63, 3.8) is 0 Å². The van der Waals surface area contributed by atoms with Crippen molar-refractivity contribution < 1.29 is 23.5 Å². The maximum absolute atomic E-state index is 14.0. The number of amides is 1. The molecule has 0 spiro atoms. The molecule has 2 rings (SSSR count). The van der Waals surface area contributed by atoms with Crippen LogP contribution >= 0.6 is 0 Å². The summed E-state index contributed by atoms with van der Waals surface area (Å²) in [4.78, 5) is 34.7. The summed E-state index contributed by atoms with van der Waals surface area (Å²) in [6, 6.07) is 11.1. The minimum Gasteiger partial charge on any atom is -0.454 e. The molecule has 2 aromatic carbocycles. The fourth-order valence-electron chi connectivity index (χ4n) is 2.22. The van der Waals surface area contributed by atoms with Gasteiger partial charge in [0.1, 0.15) is 5.82 Å². The Hall–Kier alpha value is -3.28. The molecule has 1 N–H and O–H groups in total. The van der Waals surface area contributed by atoms with Crippen LogP contribution in [0, 0.1) is 12.7 Å². The number of benzene rings is 2. The Kier molecular flexibility index (Phi) is 6.38. The third kappa shape index (κ3) is 5.37. The summed E-state index contributed by atoms with van der Waals surface area (Å²) in [6.07, 6.45) is 2.80. The molecule has 0 atom stereocenters. The van der Waals surface area contributed by atoms with Crippen LogP contribution in [0.5, 0.6) is 0 Å². The molecule has 0 saturated heterocycles. The maximum atomic E-state index is 14.0. The number of hydrogen-bond acceptors (Lipinski definition) is 4. The number of nitrogens with one attached hydrogen (secondary N) is 1. The van der Waals surface area contributed by atoms with Crippen LogP contribution in [0.2, 0.25) is 0 Å². The predicted molar refractivity (Wildman–Crippen MR) is 96.2 cm³/mol. The number of Topliss-reactive ketones (excluding diaryl/α,β-unsaturated/α-hetero) is 1. The van der Waals surface area contributed by atoms with Crippen molar-refractivity contribution in [2.75, 3.05) is 11.9 Å². The lowest BCUT2D eigenvalue weighted by Gasteiger charge is -2.06. The van der Waals surface area contributed by atoms with Gasteiger partial charge in [-0.05, 0) is 42.3 Å². The van der Waals surface area contributed by atoms with Crippen molar-refractivity contribution in [3.8, 4) is 0 Å². The van der Waals surface area contributed by atoms with E-state index in [1.165, 1.54) is 25.1 Å². The van der Waals surface area contributed by atoms with E-state index in [0.29, 0.717) is 0 Å². The number of hydrogen-bond donors (Lipinski definition) is 1. The zero-order chi connectivity index (χ0) is 19.1. The van der Waals surface area contributed by atoms with Crippen molar-refractivity contribution in [1.29, 1.82) is 0 Å². The van der Waals surface area contributed by atoms with Gasteiger partial charge in [0.05, 0.1) is 5.56 Å². The van der Waals surface area contributed by atoms with Crippen LogP contribution in [0.25, 0.3) is 6.08 Å². The van der Waals surface area contributed by atoms with E-state index in [0.717, 1.165) is 17.2 Å². The van der Waals surface area contributed by atoms with Gasteiger partial charge in [0.25, 0.3) is 0 Å². The molecule has 0 fully saturated rings. The lowest BCUT2D eigenvalue weighted by Crippen LogP contribution is -2.14. The molecule has 134 valence electrons. The first-order valence-corrected chi connectivity index (χ1v) is 7.87. The third-order valence-corrected chi connectivity index (χ3v) is 3.52. The Balaban J connectivity index is 1.95. The van der Waals surface area contributed by atoms with Crippen LogP contribution in [0.3, 0.4) is 0 Å². The van der Waals surface area contributed by atoms with Crippen LogP contribution in [-0.4, -0.2) is 24.3 Å². The van der Waals surface area contributed by atoms with Crippen molar-refractivity contribution in [3.05, 3.63) is 71.0 Å². The second-order valence-electron chi connectivity index (χ2n) is 5.60. The summed E-state index contributed by atoms with van der Waals surface area (Å²) in [5.41, 5.74) is 1.88. The second-order valence-corrected chi connectivity index (χ2v) is 5.60. The number of ether oxygens (including phenoxy) is 1. The Morgan fingerprint density at radius 2 is 1.88 bits per heavy atom. The minimum absolute atomic E-state index is 0.213. The van der Waals surface area contributed by atoms with Gasteiger partial charge in [-0.15, -0.1) is 0 Å². The van der Waals surface area contributed by atoms with Gasteiger partial charge in [-0.3, -0.25) is 9.59 Å². The smallest absolute Gasteiger partial charge is 0.331 e. The van der Waals surface area contributed by atoms with E-state index in [-0.39, 0.29) is 17.2 Å². The molecule has 2 aromatic rings. The molecular weight excluding hydrogens is 337 g/mol. The Labute approximate surface area is 150 Å². The molecule has 0 heterocycles. The van der Waals surface area contributed by atoms with Crippen molar-refractivity contribution in [2.45, 2.75) is 13.8 Å². The Morgan fingerprint density at radius 1 is 1.15 bits per heavy atom. The SMILES string of the molecule is CC(=O)Nc1ccc(C(=O)COC(=O)/C=C/c2ccccc2C)c(F)c1. The normalized spacial score (nSPS) is 10.6. The summed E-state index contributed by atoms with van der Waals surface area (Å²) >= 11 is 0. The summed E-state index contributed by atoms with van der Waals surface area (Å²) in [5, 5.41) is 2.41. The fourth-order valence-corrected chi connectivity index (χ4v) is 2.22. The molecule has 5 nitrogen and oxygen atoms in total. The highest BCUT2D eigenvalue weighted by Gasteiger charge is 2.14. The van der Waals surface area contributed by atoms with Crippen LogP contribution in [0.4, 0.5) is 10.1 Å². The van der Waals surface area contributed by atoms with E-state index >= 15 is 0 Å². The number of anilines is 1.